The van der Waals surface area contributed by atoms with Crippen molar-refractivity contribution in [2.24, 2.45) is 0 Å². The first kappa shape index (κ1) is 22.2. The normalized spacial score (nSPS) is 15.0. The van der Waals surface area contributed by atoms with Crippen molar-refractivity contribution < 1.29 is 27.4 Å². The summed E-state index contributed by atoms with van der Waals surface area (Å²) >= 11 is 0. The van der Waals surface area contributed by atoms with Crippen LogP contribution in [-0.2, 0) is 19.5 Å². The molecular formula is C20H25N3O6S. The van der Waals surface area contributed by atoms with E-state index in [0.29, 0.717) is 31.1 Å². The number of aryl methyl sites for hydroxylation is 1. The fraction of sp³-hybridized carbons (Fsp3) is 0.400. The zero-order valence-electron chi connectivity index (χ0n) is 17.0. The van der Waals surface area contributed by atoms with Crippen molar-refractivity contribution in [2.45, 2.75) is 11.8 Å². The highest BCUT2D eigenvalue weighted by Gasteiger charge is 2.27. The molecular weight excluding hydrogens is 410 g/mol. The third kappa shape index (κ3) is 5.14. The highest BCUT2D eigenvalue weighted by atomic mass is 32.2. The van der Waals surface area contributed by atoms with Crippen molar-refractivity contribution >= 4 is 21.6 Å². The molecule has 1 N–H and O–H groups in total. The lowest BCUT2D eigenvalue weighted by molar-refractivity contribution is 0.0730. The number of carbonyl (C=O) groups is 1. The van der Waals surface area contributed by atoms with Crippen LogP contribution >= 0.6 is 0 Å². The van der Waals surface area contributed by atoms with Gasteiger partial charge >= 0.3 is 0 Å². The minimum absolute atomic E-state index is 0.0721. The van der Waals surface area contributed by atoms with Gasteiger partial charge in [0.2, 0.25) is 15.9 Å². The molecule has 30 heavy (non-hydrogen) atoms. The molecule has 2 heterocycles. The molecule has 0 radical (unpaired) electrons. The number of nitrogens with one attached hydrogen (secondary N) is 1. The number of sulfonamides is 1. The molecule has 0 atom stereocenters. The van der Waals surface area contributed by atoms with E-state index >= 15 is 0 Å². The van der Waals surface area contributed by atoms with Gasteiger partial charge in [-0.05, 0) is 36.8 Å². The maximum atomic E-state index is 12.9. The molecule has 1 aliphatic heterocycles. The summed E-state index contributed by atoms with van der Waals surface area (Å²) in [5.74, 6) is -0.186. The first-order valence-corrected chi connectivity index (χ1v) is 10.9. The minimum Gasteiger partial charge on any atom is -0.474 e. The molecule has 1 fully saturated rings. The Hall–Kier alpha value is -2.53. The first-order valence-electron chi connectivity index (χ1n) is 9.50. The maximum Gasteiger partial charge on any atom is 0.256 e. The molecule has 9 nitrogen and oxygen atoms in total. The lowest BCUT2D eigenvalue weighted by Gasteiger charge is -2.26. The van der Waals surface area contributed by atoms with E-state index in [0.717, 1.165) is 0 Å². The van der Waals surface area contributed by atoms with Crippen molar-refractivity contribution in [3.05, 3.63) is 47.7 Å². The summed E-state index contributed by atoms with van der Waals surface area (Å²) in [6, 6.07) is 7.88. The standard InChI is InChI=1S/C20H25N3O6S/c1-15-5-6-16(30(25,26)23-8-10-28-11-9-23)14-17(15)19(24)22-18-4-3-7-21-20(18)29-13-12-27-2/h3-7,14H,8-13H2,1-2H3,(H,22,24). The van der Waals surface area contributed by atoms with Crippen molar-refractivity contribution in [1.82, 2.24) is 9.29 Å². The predicted octanol–water partition coefficient (Wildman–Crippen LogP) is 1.69. The number of methoxy groups -OCH3 is 1. The maximum absolute atomic E-state index is 12.9. The smallest absolute Gasteiger partial charge is 0.256 e. The number of rotatable bonds is 8. The van der Waals surface area contributed by atoms with Crippen LogP contribution in [-0.4, -0.2) is 70.2 Å². The number of hydrogen-bond donors (Lipinski definition) is 1. The topological polar surface area (TPSA) is 107 Å². The largest absolute Gasteiger partial charge is 0.474 e. The third-order valence-electron chi connectivity index (χ3n) is 4.61. The molecule has 0 bridgehead atoms. The fourth-order valence-electron chi connectivity index (χ4n) is 2.95. The van der Waals surface area contributed by atoms with Crippen molar-refractivity contribution in [3.8, 4) is 5.88 Å². The quantitative estimate of drug-likeness (QED) is 0.629. The molecule has 1 aliphatic rings. The SMILES string of the molecule is COCCOc1ncccc1NC(=O)c1cc(S(=O)(=O)N2CCOCC2)ccc1C. The van der Waals surface area contributed by atoms with Crippen LogP contribution in [0, 0.1) is 6.92 Å². The van der Waals surface area contributed by atoms with Crippen LogP contribution in [0.2, 0.25) is 0 Å². The number of anilines is 1. The van der Waals surface area contributed by atoms with E-state index in [-0.39, 0.29) is 36.0 Å². The van der Waals surface area contributed by atoms with Gasteiger partial charge < -0.3 is 19.5 Å². The Morgan fingerprint density at radius 2 is 2.00 bits per heavy atom. The number of morpholine rings is 1. The van der Waals surface area contributed by atoms with Crippen LogP contribution < -0.4 is 10.1 Å². The van der Waals surface area contributed by atoms with Crippen LogP contribution in [0.1, 0.15) is 15.9 Å². The van der Waals surface area contributed by atoms with Gasteiger partial charge in [0.25, 0.3) is 5.91 Å². The Kier molecular flexibility index (Phi) is 7.38. The highest BCUT2D eigenvalue weighted by Crippen LogP contribution is 2.24. The average molecular weight is 436 g/mol. The molecule has 2 aromatic rings. The van der Waals surface area contributed by atoms with Gasteiger partial charge in [-0.2, -0.15) is 4.31 Å². The van der Waals surface area contributed by atoms with Gasteiger partial charge in [-0.25, -0.2) is 13.4 Å². The number of benzene rings is 1. The summed E-state index contributed by atoms with van der Waals surface area (Å²) in [6.45, 7) is 3.69. The van der Waals surface area contributed by atoms with Gasteiger partial charge in [-0.1, -0.05) is 6.07 Å². The Labute approximate surface area is 176 Å². The molecule has 0 saturated carbocycles. The number of hydrogen-bond acceptors (Lipinski definition) is 7. The van der Waals surface area contributed by atoms with Crippen LogP contribution in [0.4, 0.5) is 5.69 Å². The van der Waals surface area contributed by atoms with Crippen molar-refractivity contribution in [3.63, 3.8) is 0 Å². The molecule has 1 aromatic heterocycles. The van der Waals surface area contributed by atoms with E-state index in [9.17, 15) is 13.2 Å². The molecule has 162 valence electrons. The number of nitrogens with zero attached hydrogens (tertiary/aromatic N) is 2. The molecule has 10 heteroatoms. The lowest BCUT2D eigenvalue weighted by atomic mass is 10.1. The Balaban J connectivity index is 1.83. The van der Waals surface area contributed by atoms with Gasteiger partial charge in [0.1, 0.15) is 12.3 Å². The molecule has 1 saturated heterocycles. The molecule has 0 unspecified atom stereocenters. The second kappa shape index (κ2) is 9.98. The highest BCUT2D eigenvalue weighted by molar-refractivity contribution is 7.89. The second-order valence-corrected chi connectivity index (χ2v) is 8.58. The van der Waals surface area contributed by atoms with Gasteiger partial charge in [-0.15, -0.1) is 0 Å². The van der Waals surface area contributed by atoms with Gasteiger partial charge in [-0.3, -0.25) is 4.79 Å². The number of ether oxygens (including phenoxy) is 3. The summed E-state index contributed by atoms with van der Waals surface area (Å²) in [5, 5.41) is 2.76. The summed E-state index contributed by atoms with van der Waals surface area (Å²) in [4.78, 5) is 17.1. The van der Waals surface area contributed by atoms with Crippen LogP contribution in [0.3, 0.4) is 0 Å². The summed E-state index contributed by atoms with van der Waals surface area (Å²) < 4.78 is 42.9. The summed E-state index contributed by atoms with van der Waals surface area (Å²) in [6.07, 6.45) is 1.55. The third-order valence-corrected chi connectivity index (χ3v) is 6.50. The number of pyridine rings is 1. The van der Waals surface area contributed by atoms with Gasteiger partial charge in [0.05, 0.1) is 24.7 Å². The number of amides is 1. The number of aromatic nitrogens is 1. The molecule has 0 spiro atoms. The predicted molar refractivity (Wildman–Crippen MR) is 110 cm³/mol. The van der Waals surface area contributed by atoms with Crippen LogP contribution in [0.15, 0.2) is 41.4 Å². The van der Waals surface area contributed by atoms with E-state index in [2.05, 4.69) is 10.3 Å². The van der Waals surface area contributed by atoms with Gasteiger partial charge in [0.15, 0.2) is 0 Å². The molecule has 3 rings (SSSR count). The summed E-state index contributed by atoms with van der Waals surface area (Å²) in [5.41, 5.74) is 1.30. The summed E-state index contributed by atoms with van der Waals surface area (Å²) in [7, 11) is -2.15. The molecule has 1 amide bonds. The van der Waals surface area contributed by atoms with E-state index in [1.165, 1.54) is 16.4 Å². The van der Waals surface area contributed by atoms with E-state index in [1.54, 1.807) is 38.4 Å². The van der Waals surface area contributed by atoms with E-state index in [4.69, 9.17) is 14.2 Å². The Bertz CT molecular complexity index is 990. The average Bonchev–Trinajstić information content (AvgIpc) is 2.76. The monoisotopic (exact) mass is 435 g/mol. The van der Waals surface area contributed by atoms with E-state index < -0.39 is 15.9 Å². The zero-order chi connectivity index (χ0) is 21.6. The van der Waals surface area contributed by atoms with Crippen molar-refractivity contribution in [2.75, 3.05) is 51.9 Å². The van der Waals surface area contributed by atoms with E-state index in [1.807, 2.05) is 0 Å². The number of carbonyl (C=O) groups excluding carboxylic acids is 1. The van der Waals surface area contributed by atoms with Crippen LogP contribution in [0.5, 0.6) is 5.88 Å². The zero-order valence-corrected chi connectivity index (χ0v) is 17.8. The lowest BCUT2D eigenvalue weighted by Crippen LogP contribution is -2.40. The van der Waals surface area contributed by atoms with Gasteiger partial charge in [0, 0.05) is 32.0 Å². The Morgan fingerprint density at radius 3 is 2.73 bits per heavy atom. The molecule has 1 aromatic carbocycles. The first-order chi connectivity index (χ1) is 14.4. The Morgan fingerprint density at radius 1 is 1.23 bits per heavy atom. The second-order valence-electron chi connectivity index (χ2n) is 6.64. The molecule has 0 aliphatic carbocycles. The minimum atomic E-state index is -3.71. The van der Waals surface area contributed by atoms with Crippen molar-refractivity contribution in [1.29, 1.82) is 0 Å². The van der Waals surface area contributed by atoms with Crippen LogP contribution in [0.25, 0.3) is 0 Å². The fourth-order valence-corrected chi connectivity index (χ4v) is 4.39.